The fraction of sp³-hybridized carbons (Fsp3) is 0.412. The number of amides is 1. The molecule has 24 heteroatoms. The summed E-state index contributed by atoms with van der Waals surface area (Å²) in [5.41, 5.74) is 4.55. The molecule has 2 heterocycles. The number of carbonyl (C=O) groups excluding carboxylic acids is 1. The normalized spacial score (nSPS) is 18.0. The van der Waals surface area contributed by atoms with Crippen molar-refractivity contribution in [3.63, 3.8) is 0 Å². The second-order valence-corrected chi connectivity index (χ2v) is 27.7. The van der Waals surface area contributed by atoms with E-state index < -0.39 is 72.6 Å². The molecule has 3 aromatic rings. The summed E-state index contributed by atoms with van der Waals surface area (Å²) in [6.07, 6.45) is 10.7. The smallest absolute Gasteiger partial charge is 0.294 e. The van der Waals surface area contributed by atoms with E-state index in [2.05, 4.69) is 11.9 Å². The molecule has 0 saturated heterocycles. The third-order valence-electron chi connectivity index (χ3n) is 13.5. The number of nitrogens with zero attached hydrogens (tertiary/aromatic N) is 2. The van der Waals surface area contributed by atoms with Gasteiger partial charge in [0.2, 0.25) is 11.6 Å². The maximum absolute atomic E-state index is 12.5. The minimum Gasteiger partial charge on any atom is -0.457 e. The number of hydrogen-bond donors (Lipinski definition) is 5. The van der Waals surface area contributed by atoms with Crippen LogP contribution in [-0.2, 0) is 72.4 Å². The largest absolute Gasteiger partial charge is 0.457 e. The fourth-order valence-corrected chi connectivity index (χ4v) is 12.2. The number of unbranched alkanes of at least 4 members (excludes halogenated alkanes) is 2. The van der Waals surface area contributed by atoms with Crippen LogP contribution in [0.15, 0.2) is 129 Å². The third kappa shape index (κ3) is 15.2. The van der Waals surface area contributed by atoms with Crippen molar-refractivity contribution >= 4 is 73.3 Å². The second kappa shape index (κ2) is 23.1. The van der Waals surface area contributed by atoms with E-state index in [-0.39, 0.29) is 47.3 Å². The molecule has 408 valence electrons. The number of rotatable bonds is 24. The van der Waals surface area contributed by atoms with Gasteiger partial charge in [-0.3, -0.25) is 23.0 Å². The van der Waals surface area contributed by atoms with Crippen molar-refractivity contribution in [1.29, 1.82) is 0 Å². The molecule has 2 aliphatic heterocycles. The van der Waals surface area contributed by atoms with E-state index in [0.717, 1.165) is 33.5 Å². The molecule has 19 nitrogen and oxygen atoms in total. The van der Waals surface area contributed by atoms with Gasteiger partial charge in [0, 0.05) is 65.8 Å². The van der Waals surface area contributed by atoms with Crippen LogP contribution >= 0.6 is 0 Å². The van der Waals surface area contributed by atoms with Crippen LogP contribution in [0.2, 0.25) is 0 Å². The van der Waals surface area contributed by atoms with Crippen molar-refractivity contribution < 1.29 is 74.4 Å². The van der Waals surface area contributed by atoms with Gasteiger partial charge >= 0.3 is 0 Å². The highest BCUT2D eigenvalue weighted by Gasteiger charge is 2.45. The number of nitrogens with one attached hydrogen (secondary N) is 1. The average Bonchev–Trinajstić information content (AvgIpc) is 3.66. The highest BCUT2D eigenvalue weighted by atomic mass is 32.2. The molecule has 1 aliphatic carbocycles. The zero-order chi connectivity index (χ0) is 55.4. The Morgan fingerprint density at radius 3 is 1.96 bits per heavy atom. The minimum absolute atomic E-state index is 0.0549. The van der Waals surface area contributed by atoms with Crippen LogP contribution in [-0.4, -0.2) is 113 Å². The zero-order valence-electron chi connectivity index (χ0n) is 42.1. The molecule has 75 heavy (non-hydrogen) atoms. The van der Waals surface area contributed by atoms with Crippen LogP contribution in [0.4, 0.5) is 11.4 Å². The molecular weight excluding hydrogens is 1070 g/mol. The van der Waals surface area contributed by atoms with Gasteiger partial charge in [-0.2, -0.15) is 38.2 Å². The van der Waals surface area contributed by atoms with Crippen LogP contribution < -0.4 is 15.0 Å². The van der Waals surface area contributed by atoms with Crippen LogP contribution in [0.25, 0.3) is 0 Å². The molecule has 0 aromatic heterocycles. The highest BCUT2D eigenvalue weighted by Crippen LogP contribution is 2.49. The zero-order valence-corrected chi connectivity index (χ0v) is 46.2. The predicted molar refractivity (Wildman–Crippen MR) is 286 cm³/mol. The lowest BCUT2D eigenvalue weighted by Gasteiger charge is -2.27. The number of fused-ring (bicyclic) bond motifs is 2. The Hall–Kier alpha value is -5.31. The van der Waals surface area contributed by atoms with Crippen LogP contribution in [0.1, 0.15) is 95.8 Å². The summed E-state index contributed by atoms with van der Waals surface area (Å²) in [6.45, 7) is 11.4. The second-order valence-electron chi connectivity index (χ2n) is 19.6. The summed E-state index contributed by atoms with van der Waals surface area (Å²) in [4.78, 5) is 13.9. The Labute approximate surface area is 440 Å². The summed E-state index contributed by atoms with van der Waals surface area (Å²) in [6, 6.07) is 15.7. The Balaban J connectivity index is 1.43. The first-order valence-electron chi connectivity index (χ1n) is 24.1. The van der Waals surface area contributed by atoms with Crippen molar-refractivity contribution in [1.82, 2.24) is 5.32 Å². The van der Waals surface area contributed by atoms with Gasteiger partial charge in [-0.1, -0.05) is 38.6 Å². The van der Waals surface area contributed by atoms with E-state index in [9.17, 15) is 65.1 Å². The average molecular weight is 1140 g/mol. The van der Waals surface area contributed by atoms with Gasteiger partial charge < -0.3 is 15.0 Å². The van der Waals surface area contributed by atoms with Crippen LogP contribution in [0, 0.1) is 0 Å². The number of carbonyl (C=O) groups is 1. The van der Waals surface area contributed by atoms with Gasteiger partial charge in [0.25, 0.3) is 40.5 Å². The van der Waals surface area contributed by atoms with Crippen LogP contribution in [0.3, 0.4) is 0 Å². The molecule has 3 aromatic carbocycles. The molecule has 0 fully saturated rings. The summed E-state index contributed by atoms with van der Waals surface area (Å²) < 4.78 is 167. The molecule has 0 spiro atoms. The monoisotopic (exact) mass is 1130 g/mol. The molecule has 0 atom stereocenters. The maximum Gasteiger partial charge on any atom is 0.294 e. The third-order valence-corrected chi connectivity index (χ3v) is 18.1. The van der Waals surface area contributed by atoms with E-state index in [1.54, 1.807) is 24.3 Å². The molecule has 0 saturated carbocycles. The number of hydrogen-bond acceptors (Lipinski definition) is 13. The minimum atomic E-state index is -4.58. The first-order chi connectivity index (χ1) is 34.8. The lowest BCUT2D eigenvalue weighted by molar-refractivity contribution is -0.438. The molecule has 0 bridgehead atoms. The predicted octanol–water partition coefficient (Wildman–Crippen LogP) is 7.18. The van der Waals surface area contributed by atoms with Gasteiger partial charge in [-0.25, -0.2) is 8.42 Å². The molecule has 5 N–H and O–H groups in total. The van der Waals surface area contributed by atoms with Crippen LogP contribution in [0.5, 0.6) is 5.75 Å². The van der Waals surface area contributed by atoms with Crippen molar-refractivity contribution in [2.24, 2.45) is 0 Å². The molecular formula is C51H64N3O16S5+. The Bertz CT molecular complexity index is 3470. The van der Waals surface area contributed by atoms with Gasteiger partial charge in [0.05, 0.1) is 32.5 Å². The van der Waals surface area contributed by atoms with Gasteiger partial charge in [0.1, 0.15) is 18.1 Å². The van der Waals surface area contributed by atoms with E-state index >= 15 is 0 Å². The van der Waals surface area contributed by atoms with E-state index in [0.29, 0.717) is 85.6 Å². The molecule has 6 rings (SSSR count). The Morgan fingerprint density at radius 1 is 0.733 bits per heavy atom. The lowest BCUT2D eigenvalue weighted by atomic mass is 9.81. The number of allylic oxidation sites excluding steroid dienone is 7. The van der Waals surface area contributed by atoms with Crippen molar-refractivity contribution in [3.05, 3.63) is 136 Å². The number of sulfone groups is 1. The first kappa shape index (κ1) is 58.9. The molecule has 1 amide bonds. The number of ether oxygens (including phenoxy) is 1. The van der Waals surface area contributed by atoms with Crippen molar-refractivity contribution in [2.75, 3.05) is 41.8 Å². The summed E-state index contributed by atoms with van der Waals surface area (Å²) in [5, 5.41) is 3.45. The first-order valence-corrected chi connectivity index (χ1v) is 31.9. The molecule has 0 radical (unpaired) electrons. The van der Waals surface area contributed by atoms with E-state index in [1.807, 2.05) is 73.6 Å². The maximum atomic E-state index is 12.5. The Kier molecular flexibility index (Phi) is 18.2. The fourth-order valence-electron chi connectivity index (χ4n) is 9.54. The highest BCUT2D eigenvalue weighted by molar-refractivity contribution is 7.94. The quantitative estimate of drug-likeness (QED) is 0.0337. The lowest BCUT2D eigenvalue weighted by Crippen LogP contribution is -2.28. The number of anilines is 1. The topological polar surface area (TPSA) is 296 Å². The van der Waals surface area contributed by atoms with Gasteiger partial charge in [-0.15, -0.1) is 0 Å². The SMILES string of the molecule is C=CS(=O)(=O)CCNC(=O)CCc1ccc(OC2=C(/C=C/C3=[N+](CCCCS(=O)(=O)O)c4ccc(S(=O)(=O)O)cc4C3(C)C)CCC/C2=C\C=C2\N(CCCCS(=O)(=O)O)c3ccc(S(=O)(=O)O)cc3C2(C)C)cc1. The Morgan fingerprint density at radius 2 is 1.35 bits per heavy atom. The van der Waals surface area contributed by atoms with Gasteiger partial charge in [0.15, 0.2) is 15.5 Å². The van der Waals surface area contributed by atoms with E-state index in [4.69, 9.17) is 4.74 Å². The van der Waals surface area contributed by atoms with Gasteiger partial charge in [-0.05, 0) is 136 Å². The summed E-state index contributed by atoms with van der Waals surface area (Å²) in [5.74, 6) is -0.551. The van der Waals surface area contributed by atoms with E-state index in [1.165, 1.54) is 24.3 Å². The molecule has 0 unspecified atom stereocenters. The standard InChI is InChI=1S/C51H63N3O16S5/c1-6-71(56,57)33-28-52-48(55)27-16-36-14-19-39(20-15-36)70-49-37(17-25-46-50(2,3)42-34-40(74(64,65)66)21-23-44(42)53(46)29-7-9-31-72(58,59)60)12-11-13-38(49)18-26-47-51(4,5)43-35-41(75(67,68)69)22-24-45(43)54(47)30-8-10-32-73(61,62)63/h6,14-15,17-26,34-35H,1,7-13,16,27-33H2,2-5H3,(H4-,52,55,58,59,60,61,62,63,64,65,66,67,68,69)/p+1. The number of benzene rings is 3. The van der Waals surface area contributed by atoms with Crippen molar-refractivity contribution in [2.45, 2.75) is 106 Å². The summed E-state index contributed by atoms with van der Waals surface area (Å²) in [7, 11) is -21.1. The van der Waals surface area contributed by atoms with Crippen molar-refractivity contribution in [3.8, 4) is 5.75 Å². The summed E-state index contributed by atoms with van der Waals surface area (Å²) >= 11 is 0. The molecule has 3 aliphatic rings. The number of aryl methyl sites for hydroxylation is 1.